The molecule has 0 aliphatic carbocycles. The van der Waals surface area contributed by atoms with E-state index in [0.717, 1.165) is 5.56 Å². The highest BCUT2D eigenvalue weighted by atomic mass is 16.2. The van der Waals surface area contributed by atoms with E-state index in [1.165, 1.54) is 12.4 Å². The first-order valence-corrected chi connectivity index (χ1v) is 5.57. The second-order valence-electron chi connectivity index (χ2n) is 3.65. The first-order valence-electron chi connectivity index (χ1n) is 5.57. The lowest BCUT2D eigenvalue weighted by molar-refractivity contribution is 0.0963. The van der Waals surface area contributed by atoms with Gasteiger partial charge in [-0.05, 0) is 12.1 Å². The van der Waals surface area contributed by atoms with Crippen LogP contribution in [-0.2, 0) is 0 Å². The molecule has 2 aromatic heterocycles. The predicted molar refractivity (Wildman–Crippen MR) is 72.9 cm³/mol. The number of pyridine rings is 1. The van der Waals surface area contributed by atoms with E-state index in [9.17, 15) is 4.79 Å². The number of carbonyl (C=O) groups excluding carboxylic acids is 1. The zero-order chi connectivity index (χ0) is 13.7. The Morgan fingerprint density at radius 2 is 1.84 bits per heavy atom. The Kier molecular flexibility index (Phi) is 3.78. The van der Waals surface area contributed by atoms with E-state index in [1.54, 1.807) is 24.4 Å². The average Bonchev–Trinajstić information content (AvgIpc) is 2.48. The van der Waals surface area contributed by atoms with Gasteiger partial charge in [-0.1, -0.05) is 25.3 Å². The van der Waals surface area contributed by atoms with Crippen molar-refractivity contribution in [3.63, 3.8) is 0 Å². The Morgan fingerprint density at radius 3 is 2.53 bits per heavy atom. The molecule has 0 bridgehead atoms. The lowest BCUT2D eigenvalue weighted by Gasteiger charge is -2.09. The van der Waals surface area contributed by atoms with Crippen LogP contribution >= 0.6 is 0 Å². The maximum Gasteiger partial charge on any atom is 0.293 e. The molecule has 0 saturated carbocycles. The normalized spacial score (nSPS) is 9.68. The van der Waals surface area contributed by atoms with Crippen LogP contribution in [0.5, 0.6) is 0 Å². The molecule has 2 heterocycles. The topological polar surface area (TPSA) is 67.8 Å². The highest BCUT2D eigenvalue weighted by Crippen LogP contribution is 2.13. The molecule has 0 fully saturated rings. The molecule has 5 heteroatoms. The largest absolute Gasteiger partial charge is 0.318 e. The summed E-state index contributed by atoms with van der Waals surface area (Å²) >= 11 is 0. The summed E-state index contributed by atoms with van der Waals surface area (Å²) in [7, 11) is 0. The van der Waals surface area contributed by atoms with Gasteiger partial charge >= 0.3 is 0 Å². The summed E-state index contributed by atoms with van der Waals surface area (Å²) < 4.78 is 0. The molecule has 1 N–H and O–H groups in total. The fraction of sp³-hybridized carbons (Fsp3) is 0. The van der Waals surface area contributed by atoms with Crippen LogP contribution in [-0.4, -0.2) is 20.9 Å². The molecule has 0 aliphatic heterocycles. The monoisotopic (exact) mass is 252 g/mol. The number of rotatable bonds is 4. The number of hydrogen-bond acceptors (Lipinski definition) is 4. The van der Waals surface area contributed by atoms with Crippen LogP contribution in [0, 0.1) is 0 Å². The Balaban J connectivity index is 2.18. The summed E-state index contributed by atoms with van der Waals surface area (Å²) in [5, 5.41) is 2.62. The van der Waals surface area contributed by atoms with Gasteiger partial charge in [-0.2, -0.15) is 0 Å². The van der Waals surface area contributed by atoms with Crippen molar-refractivity contribution in [2.75, 3.05) is 0 Å². The van der Waals surface area contributed by atoms with E-state index >= 15 is 0 Å². The van der Waals surface area contributed by atoms with E-state index in [4.69, 9.17) is 0 Å². The number of aromatic nitrogens is 3. The quantitative estimate of drug-likeness (QED) is 0.902. The number of nitrogens with one attached hydrogen (secondary N) is 1. The molecular weight excluding hydrogens is 240 g/mol. The van der Waals surface area contributed by atoms with Gasteiger partial charge in [0.1, 0.15) is 0 Å². The smallest absolute Gasteiger partial charge is 0.293 e. The summed E-state index contributed by atoms with van der Waals surface area (Å²) in [6.45, 7) is 7.49. The predicted octanol–water partition coefficient (Wildman–Crippen LogP) is 1.92. The summed E-state index contributed by atoms with van der Waals surface area (Å²) in [5.41, 5.74) is 1.75. The number of hydrogen-bond donors (Lipinski definition) is 1. The minimum Gasteiger partial charge on any atom is -0.318 e. The fourth-order valence-corrected chi connectivity index (χ4v) is 1.50. The van der Waals surface area contributed by atoms with Crippen molar-refractivity contribution in [1.29, 1.82) is 0 Å². The average molecular weight is 252 g/mol. The van der Waals surface area contributed by atoms with Crippen molar-refractivity contribution in [2.45, 2.75) is 0 Å². The standard InChI is InChI=1S/C14H12N4O/c1-3-11-6-4-7-15-12(11)10(2)18-14(19)13-16-8-5-9-17-13/h3-9H,1-2H2,(H,18,19). The Bertz CT molecular complexity index is 622. The maximum atomic E-state index is 11.9. The zero-order valence-corrected chi connectivity index (χ0v) is 10.2. The second-order valence-corrected chi connectivity index (χ2v) is 3.65. The van der Waals surface area contributed by atoms with Crippen LogP contribution in [0.1, 0.15) is 21.9 Å². The van der Waals surface area contributed by atoms with Crippen molar-refractivity contribution in [3.8, 4) is 0 Å². The zero-order valence-electron chi connectivity index (χ0n) is 10.2. The van der Waals surface area contributed by atoms with Gasteiger partial charge in [-0.3, -0.25) is 9.78 Å². The van der Waals surface area contributed by atoms with Gasteiger partial charge in [0.2, 0.25) is 5.82 Å². The highest BCUT2D eigenvalue weighted by molar-refractivity contribution is 5.96. The van der Waals surface area contributed by atoms with E-state index in [1.807, 2.05) is 6.07 Å². The molecule has 2 aromatic rings. The fourth-order valence-electron chi connectivity index (χ4n) is 1.50. The maximum absolute atomic E-state index is 11.9. The van der Waals surface area contributed by atoms with Gasteiger partial charge < -0.3 is 5.32 Å². The van der Waals surface area contributed by atoms with Crippen LogP contribution in [0.15, 0.2) is 49.9 Å². The van der Waals surface area contributed by atoms with Gasteiger partial charge in [0.15, 0.2) is 0 Å². The number of nitrogens with zero attached hydrogens (tertiary/aromatic N) is 3. The molecule has 2 rings (SSSR count). The van der Waals surface area contributed by atoms with E-state index in [0.29, 0.717) is 11.4 Å². The van der Waals surface area contributed by atoms with Gasteiger partial charge in [-0.15, -0.1) is 0 Å². The van der Waals surface area contributed by atoms with Crippen molar-refractivity contribution in [2.24, 2.45) is 0 Å². The molecule has 94 valence electrons. The van der Waals surface area contributed by atoms with Crippen molar-refractivity contribution in [3.05, 3.63) is 67.0 Å². The minimum atomic E-state index is -0.425. The molecule has 0 saturated heterocycles. The van der Waals surface area contributed by atoms with Crippen LogP contribution in [0.3, 0.4) is 0 Å². The third-order valence-corrected chi connectivity index (χ3v) is 2.38. The van der Waals surface area contributed by atoms with E-state index < -0.39 is 5.91 Å². The van der Waals surface area contributed by atoms with Gasteiger partial charge in [-0.25, -0.2) is 9.97 Å². The summed E-state index contributed by atoms with van der Waals surface area (Å²) in [4.78, 5) is 23.8. The Morgan fingerprint density at radius 1 is 1.16 bits per heavy atom. The Hall–Kier alpha value is -2.82. The van der Waals surface area contributed by atoms with Crippen LogP contribution in [0.25, 0.3) is 11.8 Å². The third-order valence-electron chi connectivity index (χ3n) is 2.38. The second kappa shape index (κ2) is 5.68. The third kappa shape index (κ3) is 2.90. The van der Waals surface area contributed by atoms with Crippen LogP contribution < -0.4 is 5.32 Å². The molecule has 0 aromatic carbocycles. The first-order chi connectivity index (χ1) is 9.22. The molecule has 1 amide bonds. The number of amides is 1. The van der Waals surface area contributed by atoms with Crippen molar-refractivity contribution in [1.82, 2.24) is 20.3 Å². The van der Waals surface area contributed by atoms with Crippen LogP contribution in [0.2, 0.25) is 0 Å². The Labute approximate surface area is 110 Å². The summed E-state index contributed by atoms with van der Waals surface area (Å²) in [5.74, 6) is -0.342. The van der Waals surface area contributed by atoms with Gasteiger partial charge in [0.05, 0.1) is 11.4 Å². The number of carbonyl (C=O) groups is 1. The summed E-state index contributed by atoms with van der Waals surface area (Å²) in [6.07, 6.45) is 6.28. The molecule has 5 nitrogen and oxygen atoms in total. The molecule has 0 unspecified atom stereocenters. The molecular formula is C14H12N4O. The van der Waals surface area contributed by atoms with Crippen molar-refractivity contribution >= 4 is 17.7 Å². The molecule has 19 heavy (non-hydrogen) atoms. The van der Waals surface area contributed by atoms with Crippen LogP contribution in [0.4, 0.5) is 0 Å². The lowest BCUT2D eigenvalue weighted by atomic mass is 10.1. The van der Waals surface area contributed by atoms with Crippen molar-refractivity contribution < 1.29 is 4.79 Å². The highest BCUT2D eigenvalue weighted by Gasteiger charge is 2.12. The van der Waals surface area contributed by atoms with E-state index in [2.05, 4.69) is 33.4 Å². The lowest BCUT2D eigenvalue weighted by Crippen LogP contribution is -2.24. The molecule has 0 spiro atoms. The van der Waals surface area contributed by atoms with Gasteiger partial charge in [0.25, 0.3) is 5.91 Å². The molecule has 0 atom stereocenters. The van der Waals surface area contributed by atoms with E-state index in [-0.39, 0.29) is 5.82 Å². The SMILES string of the molecule is C=Cc1cccnc1C(=C)NC(=O)c1ncccn1. The molecule has 0 aliphatic rings. The minimum absolute atomic E-state index is 0.0831. The molecule has 0 radical (unpaired) electrons. The summed E-state index contributed by atoms with van der Waals surface area (Å²) in [6, 6.07) is 5.27. The first kappa shape index (κ1) is 12.6. The van der Waals surface area contributed by atoms with Gasteiger partial charge in [0, 0.05) is 24.2 Å².